The van der Waals surface area contributed by atoms with Crippen LogP contribution in [0.25, 0.3) is 0 Å². The average molecular weight is 495 g/mol. The van der Waals surface area contributed by atoms with E-state index in [0.717, 1.165) is 64.5 Å². The largest absolute Gasteiger partial charge is 0.489 e. The third-order valence-electron chi connectivity index (χ3n) is 6.64. The number of hydrogen-bond donors (Lipinski definition) is 1. The maximum absolute atomic E-state index is 14.2. The lowest BCUT2D eigenvalue weighted by molar-refractivity contribution is 0.0696. The number of hydrogen-bond acceptors (Lipinski definition) is 4. The van der Waals surface area contributed by atoms with Gasteiger partial charge < -0.3 is 14.7 Å². The Morgan fingerprint density at radius 3 is 2.33 bits per heavy atom. The monoisotopic (exact) mass is 494 g/mol. The molecule has 0 aliphatic carbocycles. The quantitative estimate of drug-likeness (QED) is 0.543. The second kappa shape index (κ2) is 11.0. The molecule has 5 nitrogen and oxygen atoms in total. The zero-order valence-electron chi connectivity index (χ0n) is 18.5. The Morgan fingerprint density at radius 2 is 1.70 bits per heavy atom. The molecule has 2 aromatic rings. The first-order chi connectivity index (χ1) is 15.9. The number of piperidine rings is 2. The Labute approximate surface area is 204 Å². The fourth-order valence-electron chi connectivity index (χ4n) is 4.70. The van der Waals surface area contributed by atoms with Crippen molar-refractivity contribution in [3.8, 4) is 5.75 Å². The van der Waals surface area contributed by atoms with Crippen LogP contribution in [0, 0.1) is 11.7 Å². The third kappa shape index (κ3) is 6.60. The van der Waals surface area contributed by atoms with E-state index >= 15 is 0 Å². The molecule has 0 radical (unpaired) electrons. The molecular weight excluding hydrogens is 466 g/mol. The molecule has 2 heterocycles. The molecule has 0 saturated carbocycles. The zero-order valence-corrected chi connectivity index (χ0v) is 20.0. The third-order valence-corrected chi connectivity index (χ3v) is 7.17. The van der Waals surface area contributed by atoms with Gasteiger partial charge in [0, 0.05) is 36.8 Å². The molecule has 8 heteroatoms. The number of likely N-dealkylation sites (tertiary alicyclic amines) is 2. The molecule has 2 aliphatic rings. The van der Waals surface area contributed by atoms with Crippen molar-refractivity contribution in [1.29, 1.82) is 0 Å². The number of rotatable bonds is 7. The maximum atomic E-state index is 14.2. The lowest BCUT2D eigenvalue weighted by Gasteiger charge is -2.37. The number of ether oxygens (including phenoxy) is 1. The lowest BCUT2D eigenvalue weighted by Crippen LogP contribution is -2.43. The van der Waals surface area contributed by atoms with Gasteiger partial charge in [0.15, 0.2) is 0 Å². The number of halogens is 3. The predicted molar refractivity (Wildman–Crippen MR) is 128 cm³/mol. The number of carbonyl (C=O) groups is 1. The summed E-state index contributed by atoms with van der Waals surface area (Å²) in [5.74, 6) is -0.211. The van der Waals surface area contributed by atoms with E-state index in [0.29, 0.717) is 33.8 Å². The van der Waals surface area contributed by atoms with E-state index in [9.17, 15) is 9.18 Å². The van der Waals surface area contributed by atoms with Gasteiger partial charge >= 0.3 is 5.97 Å². The Bertz CT molecular complexity index is 974. The minimum absolute atomic E-state index is 0.0135. The van der Waals surface area contributed by atoms with Crippen LogP contribution in [0.4, 0.5) is 4.39 Å². The van der Waals surface area contributed by atoms with Gasteiger partial charge in [-0.3, -0.25) is 4.90 Å². The van der Waals surface area contributed by atoms with Gasteiger partial charge in [-0.05, 0) is 75.0 Å². The first-order valence-electron chi connectivity index (χ1n) is 11.5. The van der Waals surface area contributed by atoms with Gasteiger partial charge in [-0.15, -0.1) is 0 Å². The van der Waals surface area contributed by atoms with Crippen molar-refractivity contribution < 1.29 is 19.0 Å². The molecule has 4 rings (SSSR count). The van der Waals surface area contributed by atoms with E-state index in [1.165, 1.54) is 6.07 Å². The van der Waals surface area contributed by atoms with Crippen molar-refractivity contribution in [2.24, 2.45) is 5.92 Å². The van der Waals surface area contributed by atoms with Crippen LogP contribution in [0.15, 0.2) is 36.4 Å². The molecule has 33 heavy (non-hydrogen) atoms. The molecule has 178 valence electrons. The first kappa shape index (κ1) is 24.3. The van der Waals surface area contributed by atoms with Crippen molar-refractivity contribution in [1.82, 2.24) is 9.80 Å². The van der Waals surface area contributed by atoms with Crippen molar-refractivity contribution >= 4 is 29.2 Å². The van der Waals surface area contributed by atoms with Gasteiger partial charge in [0.2, 0.25) is 0 Å². The normalized spacial score (nSPS) is 19.0. The molecule has 0 amide bonds. The second-order valence-corrected chi connectivity index (χ2v) is 9.87. The summed E-state index contributed by atoms with van der Waals surface area (Å²) in [7, 11) is 0. The topological polar surface area (TPSA) is 53.0 Å². The fourth-order valence-corrected chi connectivity index (χ4v) is 5.15. The van der Waals surface area contributed by atoms with Crippen molar-refractivity contribution in [2.75, 3.05) is 32.7 Å². The summed E-state index contributed by atoms with van der Waals surface area (Å²) in [6.45, 7) is 5.49. The van der Waals surface area contributed by atoms with Crippen LogP contribution in [0.2, 0.25) is 10.0 Å². The summed E-state index contributed by atoms with van der Waals surface area (Å²) in [5, 5.41) is 10.1. The zero-order chi connectivity index (χ0) is 23.4. The van der Waals surface area contributed by atoms with Gasteiger partial charge in [0.1, 0.15) is 17.7 Å². The molecule has 2 saturated heterocycles. The number of nitrogens with zero attached hydrogens (tertiary/aromatic N) is 2. The highest BCUT2D eigenvalue weighted by molar-refractivity contribution is 6.35. The summed E-state index contributed by atoms with van der Waals surface area (Å²) in [6, 6.07) is 9.51. The molecule has 2 fully saturated rings. The minimum atomic E-state index is -1.11. The highest BCUT2D eigenvalue weighted by atomic mass is 35.5. The molecule has 0 atom stereocenters. The van der Waals surface area contributed by atoms with Crippen molar-refractivity contribution in [3.05, 3.63) is 63.4 Å². The lowest BCUT2D eigenvalue weighted by atomic mass is 9.94. The summed E-state index contributed by atoms with van der Waals surface area (Å²) in [4.78, 5) is 15.8. The van der Waals surface area contributed by atoms with E-state index in [2.05, 4.69) is 9.80 Å². The number of aromatic carboxylic acids is 1. The summed E-state index contributed by atoms with van der Waals surface area (Å²) < 4.78 is 20.3. The van der Waals surface area contributed by atoms with Gasteiger partial charge in [-0.25, -0.2) is 9.18 Å². The fraction of sp³-hybridized carbons (Fsp3) is 0.480. The second-order valence-electron chi connectivity index (χ2n) is 9.02. The standard InChI is InChI=1S/C25H29Cl2FN2O3/c26-20-3-4-24(22(27)14-20)33-21-7-11-29(12-8-21)15-17-5-9-30(10-6-17)16-19-2-1-18(25(31)32)13-23(19)28/h1-4,13-14,17,21H,5-12,15-16H2,(H,31,32). The Morgan fingerprint density at radius 1 is 1.00 bits per heavy atom. The van der Waals surface area contributed by atoms with Crippen molar-refractivity contribution in [3.63, 3.8) is 0 Å². The summed E-state index contributed by atoms with van der Waals surface area (Å²) in [6.07, 6.45) is 4.30. The predicted octanol–water partition coefficient (Wildman–Crippen LogP) is 5.59. The van der Waals surface area contributed by atoms with Crippen LogP contribution in [-0.4, -0.2) is 59.7 Å². The van der Waals surface area contributed by atoms with Gasteiger partial charge in [0.25, 0.3) is 0 Å². The van der Waals surface area contributed by atoms with E-state index in [4.69, 9.17) is 33.0 Å². The molecule has 0 unspecified atom stereocenters. The van der Waals surface area contributed by atoms with Crippen LogP contribution in [0.1, 0.15) is 41.6 Å². The maximum Gasteiger partial charge on any atom is 0.335 e. The molecule has 0 spiro atoms. The van der Waals surface area contributed by atoms with Crippen LogP contribution in [-0.2, 0) is 6.54 Å². The van der Waals surface area contributed by atoms with E-state index in [1.807, 2.05) is 6.07 Å². The Hall–Kier alpha value is -1.86. The SMILES string of the molecule is O=C(O)c1ccc(CN2CCC(CN3CCC(Oc4ccc(Cl)cc4Cl)CC3)CC2)c(F)c1. The van der Waals surface area contributed by atoms with Gasteiger partial charge in [-0.1, -0.05) is 29.3 Å². The smallest absolute Gasteiger partial charge is 0.335 e. The van der Waals surface area contributed by atoms with Crippen LogP contribution in [0.3, 0.4) is 0 Å². The van der Waals surface area contributed by atoms with Gasteiger partial charge in [0.05, 0.1) is 10.6 Å². The molecule has 2 aliphatic heterocycles. The number of carboxylic acids is 1. The molecule has 0 bridgehead atoms. The number of benzene rings is 2. The molecule has 0 aromatic heterocycles. The van der Waals surface area contributed by atoms with E-state index in [1.54, 1.807) is 18.2 Å². The Balaban J connectivity index is 1.18. The Kier molecular flexibility index (Phi) is 8.12. The van der Waals surface area contributed by atoms with E-state index in [-0.39, 0.29) is 11.7 Å². The van der Waals surface area contributed by atoms with Crippen molar-refractivity contribution in [2.45, 2.75) is 38.3 Å². The van der Waals surface area contributed by atoms with Crippen LogP contribution < -0.4 is 4.74 Å². The molecular formula is C25H29Cl2FN2O3. The molecule has 2 aromatic carbocycles. The minimum Gasteiger partial charge on any atom is -0.489 e. The summed E-state index contributed by atoms with van der Waals surface area (Å²) >= 11 is 12.2. The number of carboxylic acid groups (broad SMARTS) is 1. The van der Waals surface area contributed by atoms with E-state index < -0.39 is 11.8 Å². The molecule has 1 N–H and O–H groups in total. The highest BCUT2D eigenvalue weighted by Gasteiger charge is 2.26. The highest BCUT2D eigenvalue weighted by Crippen LogP contribution is 2.30. The summed E-state index contributed by atoms with van der Waals surface area (Å²) in [5.41, 5.74) is 0.543. The van der Waals surface area contributed by atoms with Crippen LogP contribution in [0.5, 0.6) is 5.75 Å². The first-order valence-corrected chi connectivity index (χ1v) is 12.2. The van der Waals surface area contributed by atoms with Crippen LogP contribution >= 0.6 is 23.2 Å². The average Bonchev–Trinajstić information content (AvgIpc) is 2.79. The van der Waals surface area contributed by atoms with Gasteiger partial charge in [-0.2, -0.15) is 0 Å².